The van der Waals surface area contributed by atoms with E-state index in [0.29, 0.717) is 6.42 Å². The SMILES string of the molecule is Cc1ccsc1CCCC(=O)NC(C)C(C)CO. The van der Waals surface area contributed by atoms with Gasteiger partial charge in [-0.1, -0.05) is 6.92 Å². The van der Waals surface area contributed by atoms with E-state index in [1.54, 1.807) is 11.3 Å². The number of aliphatic hydroxyl groups is 1. The van der Waals surface area contributed by atoms with Crippen molar-refractivity contribution in [2.75, 3.05) is 6.61 Å². The number of thiophene rings is 1. The molecule has 2 atom stereocenters. The highest BCUT2D eigenvalue weighted by atomic mass is 32.1. The third-order valence-electron chi connectivity index (χ3n) is 3.31. The molecule has 1 amide bonds. The number of rotatable bonds is 7. The van der Waals surface area contributed by atoms with Crippen LogP contribution in [-0.2, 0) is 11.2 Å². The molecule has 102 valence electrons. The Kier molecular flexibility index (Phi) is 6.36. The van der Waals surface area contributed by atoms with Crippen LogP contribution in [0.25, 0.3) is 0 Å². The first-order chi connectivity index (χ1) is 8.54. The molecule has 0 saturated heterocycles. The molecule has 18 heavy (non-hydrogen) atoms. The maximum absolute atomic E-state index is 11.7. The summed E-state index contributed by atoms with van der Waals surface area (Å²) in [5, 5.41) is 14.0. The summed E-state index contributed by atoms with van der Waals surface area (Å²) in [5.41, 5.74) is 1.32. The summed E-state index contributed by atoms with van der Waals surface area (Å²) in [6.07, 6.45) is 2.41. The Morgan fingerprint density at radius 1 is 1.50 bits per heavy atom. The molecule has 1 heterocycles. The van der Waals surface area contributed by atoms with Crippen LogP contribution in [0.5, 0.6) is 0 Å². The Bertz CT molecular complexity index is 376. The minimum atomic E-state index is 0.0333. The molecule has 0 bridgehead atoms. The first-order valence-corrected chi connectivity index (χ1v) is 7.35. The predicted octanol–water partition coefficient (Wildman–Crippen LogP) is 2.51. The van der Waals surface area contributed by atoms with Crippen molar-refractivity contribution < 1.29 is 9.90 Å². The normalized spacial score (nSPS) is 14.2. The van der Waals surface area contributed by atoms with Crippen molar-refractivity contribution in [3.8, 4) is 0 Å². The van der Waals surface area contributed by atoms with Crippen LogP contribution < -0.4 is 5.32 Å². The van der Waals surface area contributed by atoms with Crippen LogP contribution in [0.3, 0.4) is 0 Å². The molecule has 0 spiro atoms. The summed E-state index contributed by atoms with van der Waals surface area (Å²) >= 11 is 1.76. The summed E-state index contributed by atoms with van der Waals surface area (Å²) in [4.78, 5) is 13.1. The van der Waals surface area contributed by atoms with E-state index in [0.717, 1.165) is 12.8 Å². The van der Waals surface area contributed by atoms with Crippen LogP contribution in [0.15, 0.2) is 11.4 Å². The van der Waals surface area contributed by atoms with Gasteiger partial charge in [0, 0.05) is 23.9 Å². The number of aryl methyl sites for hydroxylation is 2. The molecule has 0 aliphatic heterocycles. The molecule has 0 saturated carbocycles. The predicted molar refractivity (Wildman–Crippen MR) is 75.8 cm³/mol. The minimum absolute atomic E-state index is 0.0333. The Labute approximate surface area is 113 Å². The highest BCUT2D eigenvalue weighted by Gasteiger charge is 2.13. The number of nitrogens with one attached hydrogen (secondary N) is 1. The van der Waals surface area contributed by atoms with Crippen LogP contribution >= 0.6 is 11.3 Å². The average molecular weight is 269 g/mol. The minimum Gasteiger partial charge on any atom is -0.396 e. The van der Waals surface area contributed by atoms with Gasteiger partial charge < -0.3 is 10.4 Å². The summed E-state index contributed by atoms with van der Waals surface area (Å²) in [6.45, 7) is 6.08. The standard InChI is InChI=1S/C14H23NO2S/c1-10-7-8-18-13(10)5-4-6-14(17)15-12(3)11(2)9-16/h7-8,11-12,16H,4-6,9H2,1-3H3,(H,15,17). The van der Waals surface area contributed by atoms with Gasteiger partial charge in [0.1, 0.15) is 0 Å². The smallest absolute Gasteiger partial charge is 0.220 e. The number of hydrogen-bond acceptors (Lipinski definition) is 3. The summed E-state index contributed by atoms with van der Waals surface area (Å²) < 4.78 is 0. The van der Waals surface area contributed by atoms with E-state index in [1.807, 2.05) is 13.8 Å². The molecule has 1 rings (SSSR count). The van der Waals surface area contributed by atoms with Gasteiger partial charge in [0.05, 0.1) is 0 Å². The highest BCUT2D eigenvalue weighted by Crippen LogP contribution is 2.17. The lowest BCUT2D eigenvalue weighted by Crippen LogP contribution is -2.38. The summed E-state index contributed by atoms with van der Waals surface area (Å²) in [6, 6.07) is 2.15. The zero-order chi connectivity index (χ0) is 13.5. The Hall–Kier alpha value is -0.870. The maximum atomic E-state index is 11.7. The first kappa shape index (κ1) is 15.2. The zero-order valence-corrected chi connectivity index (χ0v) is 12.2. The lowest BCUT2D eigenvalue weighted by Gasteiger charge is -2.19. The Morgan fingerprint density at radius 2 is 2.22 bits per heavy atom. The molecule has 0 radical (unpaired) electrons. The molecular formula is C14H23NO2S. The number of carbonyl (C=O) groups excluding carboxylic acids is 1. The van der Waals surface area contributed by atoms with E-state index >= 15 is 0 Å². The average Bonchev–Trinajstić information content (AvgIpc) is 2.74. The first-order valence-electron chi connectivity index (χ1n) is 6.47. The Balaban J connectivity index is 2.23. The number of aliphatic hydroxyl groups excluding tert-OH is 1. The second-order valence-electron chi connectivity index (χ2n) is 4.90. The van der Waals surface area contributed by atoms with Gasteiger partial charge in [0.25, 0.3) is 0 Å². The number of amides is 1. The highest BCUT2D eigenvalue weighted by molar-refractivity contribution is 7.10. The lowest BCUT2D eigenvalue weighted by atomic mass is 10.0. The van der Waals surface area contributed by atoms with Gasteiger partial charge in [-0.05, 0) is 49.6 Å². The largest absolute Gasteiger partial charge is 0.396 e. The van der Waals surface area contributed by atoms with Gasteiger partial charge in [-0.3, -0.25) is 4.79 Å². The van der Waals surface area contributed by atoms with Crippen molar-refractivity contribution in [2.45, 2.75) is 46.1 Å². The fourth-order valence-electron chi connectivity index (χ4n) is 1.70. The summed E-state index contributed by atoms with van der Waals surface area (Å²) in [5.74, 6) is 0.186. The second-order valence-corrected chi connectivity index (χ2v) is 5.90. The van der Waals surface area contributed by atoms with E-state index in [9.17, 15) is 4.79 Å². The van der Waals surface area contributed by atoms with E-state index in [-0.39, 0.29) is 24.5 Å². The number of carbonyl (C=O) groups is 1. The van der Waals surface area contributed by atoms with Gasteiger partial charge in [-0.15, -0.1) is 11.3 Å². The fraction of sp³-hybridized carbons (Fsp3) is 0.643. The summed E-state index contributed by atoms with van der Waals surface area (Å²) in [7, 11) is 0. The molecule has 0 aliphatic rings. The second kappa shape index (κ2) is 7.54. The quantitative estimate of drug-likeness (QED) is 0.799. The van der Waals surface area contributed by atoms with E-state index in [4.69, 9.17) is 5.11 Å². The molecule has 4 heteroatoms. The van der Waals surface area contributed by atoms with Gasteiger partial charge in [0.15, 0.2) is 0 Å². The zero-order valence-electron chi connectivity index (χ0n) is 11.4. The van der Waals surface area contributed by atoms with Crippen LogP contribution in [0, 0.1) is 12.8 Å². The topological polar surface area (TPSA) is 49.3 Å². The molecule has 1 aromatic heterocycles. The Morgan fingerprint density at radius 3 is 2.78 bits per heavy atom. The molecule has 2 unspecified atom stereocenters. The van der Waals surface area contributed by atoms with Crippen LogP contribution in [0.2, 0.25) is 0 Å². The number of hydrogen-bond donors (Lipinski definition) is 2. The van der Waals surface area contributed by atoms with Crippen molar-refractivity contribution in [3.63, 3.8) is 0 Å². The van der Waals surface area contributed by atoms with Gasteiger partial charge in [0.2, 0.25) is 5.91 Å². The maximum Gasteiger partial charge on any atom is 0.220 e. The van der Waals surface area contributed by atoms with Crippen molar-refractivity contribution in [2.24, 2.45) is 5.92 Å². The molecule has 1 aromatic rings. The van der Waals surface area contributed by atoms with Gasteiger partial charge in [-0.2, -0.15) is 0 Å². The molecular weight excluding hydrogens is 246 g/mol. The van der Waals surface area contributed by atoms with Crippen LogP contribution in [-0.4, -0.2) is 23.7 Å². The van der Waals surface area contributed by atoms with Crippen molar-refractivity contribution >= 4 is 17.2 Å². The third kappa shape index (κ3) is 4.78. The van der Waals surface area contributed by atoms with Crippen LogP contribution in [0.1, 0.15) is 37.1 Å². The lowest BCUT2D eigenvalue weighted by molar-refractivity contribution is -0.122. The monoisotopic (exact) mass is 269 g/mol. The van der Waals surface area contributed by atoms with Crippen molar-refractivity contribution in [3.05, 3.63) is 21.9 Å². The van der Waals surface area contributed by atoms with Gasteiger partial charge in [-0.25, -0.2) is 0 Å². The van der Waals surface area contributed by atoms with E-state index in [2.05, 4.69) is 23.7 Å². The molecule has 0 fully saturated rings. The molecule has 2 N–H and O–H groups in total. The molecule has 0 aliphatic carbocycles. The molecule has 3 nitrogen and oxygen atoms in total. The van der Waals surface area contributed by atoms with Crippen molar-refractivity contribution in [1.29, 1.82) is 0 Å². The van der Waals surface area contributed by atoms with Crippen LogP contribution in [0.4, 0.5) is 0 Å². The van der Waals surface area contributed by atoms with Crippen molar-refractivity contribution in [1.82, 2.24) is 5.32 Å². The fourth-order valence-corrected chi connectivity index (χ4v) is 2.65. The van der Waals surface area contributed by atoms with E-state index in [1.165, 1.54) is 10.4 Å². The molecule has 0 aromatic carbocycles. The van der Waals surface area contributed by atoms with Gasteiger partial charge >= 0.3 is 0 Å². The van der Waals surface area contributed by atoms with E-state index < -0.39 is 0 Å². The third-order valence-corrected chi connectivity index (χ3v) is 4.39.